The first-order valence-corrected chi connectivity index (χ1v) is 13.9. The van der Waals surface area contributed by atoms with Crippen molar-refractivity contribution >= 4 is 35.1 Å². The molecule has 2 atom stereocenters. The normalized spacial score (nSPS) is 19.0. The molecule has 8 heteroatoms. The first kappa shape index (κ1) is 26.5. The van der Waals surface area contributed by atoms with Crippen LogP contribution in [0, 0.1) is 5.92 Å². The van der Waals surface area contributed by atoms with Crippen LogP contribution in [-0.2, 0) is 11.3 Å². The van der Waals surface area contributed by atoms with E-state index >= 15 is 0 Å². The lowest BCUT2D eigenvalue weighted by atomic mass is 9.96. The zero-order valence-electron chi connectivity index (χ0n) is 21.3. The third-order valence-electron chi connectivity index (χ3n) is 7.55. The Labute approximate surface area is 234 Å². The SMILES string of the molecule is O=C1C[C@H](CNC(=O)N2CC[NH+]([C@H](c3cccc(Cl)c3)c3ccccc3Cl)CC2)CN1Cc1ccccc1. The summed E-state index contributed by atoms with van der Waals surface area (Å²) >= 11 is 13.0. The van der Waals surface area contributed by atoms with Gasteiger partial charge in [0.1, 0.15) is 6.04 Å². The standard InChI is InChI=1S/C30H32Cl2N4O2/c31-25-10-6-9-24(18-25)29(26-11-4-5-12-27(26)32)34-13-15-35(16-14-34)30(38)33-19-23-17-28(37)36(21-23)20-22-7-2-1-3-8-22/h1-12,18,23,29H,13-17,19-21H2,(H,33,38)/p+1/t23-,29-/m1/s1. The number of amides is 3. The second-order valence-electron chi connectivity index (χ2n) is 10.2. The number of hydrogen-bond acceptors (Lipinski definition) is 2. The summed E-state index contributed by atoms with van der Waals surface area (Å²) in [6.07, 6.45) is 0.476. The highest BCUT2D eigenvalue weighted by atomic mass is 35.5. The van der Waals surface area contributed by atoms with Crippen LogP contribution >= 0.6 is 23.2 Å². The van der Waals surface area contributed by atoms with Gasteiger partial charge < -0.3 is 20.0 Å². The average Bonchev–Trinajstić information content (AvgIpc) is 3.28. The topological polar surface area (TPSA) is 57.1 Å². The molecule has 3 aromatic carbocycles. The molecule has 2 aliphatic rings. The van der Waals surface area contributed by atoms with E-state index in [1.54, 1.807) is 0 Å². The van der Waals surface area contributed by atoms with E-state index in [-0.39, 0.29) is 23.9 Å². The Morgan fingerprint density at radius 1 is 0.974 bits per heavy atom. The number of hydrogen-bond donors (Lipinski definition) is 2. The van der Waals surface area contributed by atoms with Gasteiger partial charge >= 0.3 is 6.03 Å². The zero-order valence-corrected chi connectivity index (χ0v) is 22.8. The number of benzene rings is 3. The van der Waals surface area contributed by atoms with E-state index in [4.69, 9.17) is 23.2 Å². The highest BCUT2D eigenvalue weighted by molar-refractivity contribution is 6.31. The van der Waals surface area contributed by atoms with E-state index in [1.165, 1.54) is 4.90 Å². The second-order valence-corrected chi connectivity index (χ2v) is 11.0. The van der Waals surface area contributed by atoms with Crippen molar-refractivity contribution < 1.29 is 14.5 Å². The number of rotatable bonds is 7. The minimum absolute atomic E-state index is 0.0349. The molecule has 2 fully saturated rings. The largest absolute Gasteiger partial charge is 0.338 e. The maximum absolute atomic E-state index is 13.0. The summed E-state index contributed by atoms with van der Waals surface area (Å²) in [5.74, 6) is 0.284. The van der Waals surface area contributed by atoms with Gasteiger partial charge in [0.15, 0.2) is 0 Å². The third kappa shape index (κ3) is 6.32. The lowest BCUT2D eigenvalue weighted by molar-refractivity contribution is -0.929. The summed E-state index contributed by atoms with van der Waals surface area (Å²) in [6, 6.07) is 25.9. The van der Waals surface area contributed by atoms with E-state index in [1.807, 2.05) is 76.5 Å². The molecule has 0 saturated carbocycles. The number of likely N-dealkylation sites (tertiary alicyclic amines) is 1. The van der Waals surface area contributed by atoms with E-state index < -0.39 is 0 Å². The number of nitrogens with one attached hydrogen (secondary N) is 2. The summed E-state index contributed by atoms with van der Waals surface area (Å²) < 4.78 is 0. The first-order chi connectivity index (χ1) is 18.5. The fourth-order valence-corrected chi connectivity index (χ4v) is 6.05. The fourth-order valence-electron chi connectivity index (χ4n) is 5.61. The summed E-state index contributed by atoms with van der Waals surface area (Å²) in [7, 11) is 0. The Morgan fingerprint density at radius 2 is 1.71 bits per heavy atom. The van der Waals surface area contributed by atoms with Crippen molar-refractivity contribution in [2.45, 2.75) is 19.0 Å². The molecule has 2 heterocycles. The van der Waals surface area contributed by atoms with Crippen LogP contribution in [0.2, 0.25) is 10.0 Å². The van der Waals surface area contributed by atoms with Crippen molar-refractivity contribution in [3.63, 3.8) is 0 Å². The Morgan fingerprint density at radius 3 is 2.45 bits per heavy atom. The number of halogens is 2. The molecule has 0 aromatic heterocycles. The van der Waals surface area contributed by atoms with Gasteiger partial charge in [0.05, 0.1) is 31.2 Å². The first-order valence-electron chi connectivity index (χ1n) is 13.2. The van der Waals surface area contributed by atoms with Gasteiger partial charge in [-0.05, 0) is 23.8 Å². The minimum Gasteiger partial charge on any atom is -0.338 e. The van der Waals surface area contributed by atoms with Crippen LogP contribution in [0.5, 0.6) is 0 Å². The van der Waals surface area contributed by atoms with Crippen molar-refractivity contribution in [1.29, 1.82) is 0 Å². The Bertz CT molecular complexity index is 1260. The van der Waals surface area contributed by atoms with E-state index in [9.17, 15) is 9.59 Å². The molecule has 38 heavy (non-hydrogen) atoms. The molecule has 0 spiro atoms. The van der Waals surface area contributed by atoms with Gasteiger partial charge in [-0.15, -0.1) is 0 Å². The Kier molecular flexibility index (Phi) is 8.52. The molecular formula is C30H33Cl2N4O2+. The van der Waals surface area contributed by atoms with Gasteiger partial charge in [-0.25, -0.2) is 4.79 Å². The van der Waals surface area contributed by atoms with Gasteiger partial charge in [-0.1, -0.05) is 83.9 Å². The quantitative estimate of drug-likeness (QED) is 0.465. The number of quaternary nitrogens is 1. The maximum Gasteiger partial charge on any atom is 0.317 e. The molecule has 2 aliphatic heterocycles. The van der Waals surface area contributed by atoms with Crippen molar-refractivity contribution in [1.82, 2.24) is 15.1 Å². The van der Waals surface area contributed by atoms with Crippen molar-refractivity contribution in [3.8, 4) is 0 Å². The van der Waals surface area contributed by atoms with Gasteiger partial charge in [0.2, 0.25) is 5.91 Å². The predicted molar refractivity (Wildman–Crippen MR) is 150 cm³/mol. The fraction of sp³-hybridized carbons (Fsp3) is 0.333. The van der Waals surface area contributed by atoms with E-state index in [0.717, 1.165) is 34.8 Å². The van der Waals surface area contributed by atoms with E-state index in [0.29, 0.717) is 44.2 Å². The van der Waals surface area contributed by atoms with Crippen LogP contribution < -0.4 is 10.2 Å². The number of carbonyl (C=O) groups excluding carboxylic acids is 2. The predicted octanol–water partition coefficient (Wildman–Crippen LogP) is 4.04. The average molecular weight is 553 g/mol. The highest BCUT2D eigenvalue weighted by Gasteiger charge is 2.34. The lowest BCUT2D eigenvalue weighted by Crippen LogP contribution is -3.15. The molecule has 6 nitrogen and oxygen atoms in total. The number of carbonyl (C=O) groups is 2. The molecule has 3 amide bonds. The van der Waals surface area contributed by atoms with Gasteiger partial charge in [-0.3, -0.25) is 4.79 Å². The molecule has 198 valence electrons. The van der Waals surface area contributed by atoms with Gasteiger partial charge in [0.25, 0.3) is 0 Å². The molecule has 0 unspecified atom stereocenters. The van der Waals surface area contributed by atoms with Crippen LogP contribution in [0.25, 0.3) is 0 Å². The lowest BCUT2D eigenvalue weighted by Gasteiger charge is -2.37. The van der Waals surface area contributed by atoms with Crippen LogP contribution in [0.1, 0.15) is 29.2 Å². The molecule has 2 saturated heterocycles. The Balaban J connectivity index is 1.16. The summed E-state index contributed by atoms with van der Waals surface area (Å²) in [4.78, 5) is 30.6. The van der Waals surface area contributed by atoms with Crippen molar-refractivity contribution in [2.24, 2.45) is 5.92 Å². The van der Waals surface area contributed by atoms with Gasteiger partial charge in [-0.2, -0.15) is 0 Å². The molecule has 0 radical (unpaired) electrons. The number of urea groups is 1. The van der Waals surface area contributed by atoms with Crippen molar-refractivity contribution in [2.75, 3.05) is 39.3 Å². The summed E-state index contributed by atoms with van der Waals surface area (Å²) in [5.41, 5.74) is 3.30. The van der Waals surface area contributed by atoms with Crippen molar-refractivity contribution in [3.05, 3.63) is 106 Å². The molecule has 5 rings (SSSR count). The van der Waals surface area contributed by atoms with Crippen LogP contribution in [0.15, 0.2) is 78.9 Å². The smallest absolute Gasteiger partial charge is 0.317 e. The molecule has 0 bridgehead atoms. The molecular weight excluding hydrogens is 519 g/mol. The van der Waals surface area contributed by atoms with Gasteiger partial charge in [0, 0.05) is 48.1 Å². The number of nitrogens with zero attached hydrogens (tertiary/aromatic N) is 2. The van der Waals surface area contributed by atoms with E-state index in [2.05, 4.69) is 17.4 Å². The third-order valence-corrected chi connectivity index (χ3v) is 8.13. The monoisotopic (exact) mass is 551 g/mol. The number of piperazine rings is 1. The molecule has 0 aliphatic carbocycles. The van der Waals surface area contributed by atoms with Crippen LogP contribution in [-0.4, -0.2) is 61.0 Å². The minimum atomic E-state index is -0.0601. The maximum atomic E-state index is 13.0. The zero-order chi connectivity index (χ0) is 26.5. The highest BCUT2D eigenvalue weighted by Crippen LogP contribution is 2.28. The molecule has 2 N–H and O–H groups in total. The summed E-state index contributed by atoms with van der Waals surface area (Å²) in [5, 5.41) is 4.52. The second kappa shape index (κ2) is 12.2. The summed E-state index contributed by atoms with van der Waals surface area (Å²) in [6.45, 7) is 4.68. The Hall–Kier alpha value is -3.06. The molecule has 3 aromatic rings. The van der Waals surface area contributed by atoms with Crippen LogP contribution in [0.4, 0.5) is 4.79 Å². The van der Waals surface area contributed by atoms with Crippen LogP contribution in [0.3, 0.4) is 0 Å².